The van der Waals surface area contributed by atoms with Crippen molar-refractivity contribution in [2.45, 2.75) is 58.3 Å². The average Bonchev–Trinajstić information content (AvgIpc) is 2.78. The molecular formula is C19H24O2. The molecule has 2 heteroatoms. The highest BCUT2D eigenvalue weighted by atomic mass is 16.3. The van der Waals surface area contributed by atoms with E-state index in [0.717, 1.165) is 32.1 Å². The van der Waals surface area contributed by atoms with Crippen molar-refractivity contribution in [3.05, 3.63) is 28.8 Å². The van der Waals surface area contributed by atoms with Gasteiger partial charge in [-0.05, 0) is 74.0 Å². The quantitative estimate of drug-likeness (QED) is 0.778. The molecular weight excluding hydrogens is 260 g/mol. The van der Waals surface area contributed by atoms with Crippen molar-refractivity contribution in [1.82, 2.24) is 0 Å². The standard InChI is InChI=1S/C19H24O2/c1-11-3-7-16(20)18-12(11)4-5-13-14(18)9-10-19(2)15(13)6-8-17(19)21/h3,7,13-15,20H,4-6,8-10H2,1-2H3/t13?,14?,15?,19-/m0/s1. The Hall–Kier alpha value is -1.31. The summed E-state index contributed by atoms with van der Waals surface area (Å²) in [4.78, 5) is 12.3. The van der Waals surface area contributed by atoms with Gasteiger partial charge in [-0.15, -0.1) is 0 Å². The third-order valence-electron chi connectivity index (χ3n) is 6.81. The molecule has 112 valence electrons. The van der Waals surface area contributed by atoms with Crippen molar-refractivity contribution in [3.8, 4) is 5.75 Å². The molecule has 1 N–H and O–H groups in total. The number of aryl methyl sites for hydroxylation is 1. The van der Waals surface area contributed by atoms with Crippen molar-refractivity contribution in [2.24, 2.45) is 17.3 Å². The lowest BCUT2D eigenvalue weighted by molar-refractivity contribution is -0.129. The summed E-state index contributed by atoms with van der Waals surface area (Å²) >= 11 is 0. The van der Waals surface area contributed by atoms with Crippen molar-refractivity contribution in [1.29, 1.82) is 0 Å². The number of carbonyl (C=O) groups is 1. The van der Waals surface area contributed by atoms with Gasteiger partial charge >= 0.3 is 0 Å². The highest BCUT2D eigenvalue weighted by molar-refractivity contribution is 5.87. The number of hydrogen-bond acceptors (Lipinski definition) is 2. The lowest BCUT2D eigenvalue weighted by Gasteiger charge is -2.48. The first-order valence-corrected chi connectivity index (χ1v) is 8.37. The Morgan fingerprint density at radius 1 is 1.19 bits per heavy atom. The van der Waals surface area contributed by atoms with Gasteiger partial charge in [0, 0.05) is 17.4 Å². The van der Waals surface area contributed by atoms with Crippen LogP contribution in [-0.4, -0.2) is 10.9 Å². The highest BCUT2D eigenvalue weighted by Crippen LogP contribution is 2.60. The molecule has 4 atom stereocenters. The van der Waals surface area contributed by atoms with E-state index in [9.17, 15) is 9.90 Å². The van der Waals surface area contributed by atoms with Crippen LogP contribution in [0.4, 0.5) is 0 Å². The fraction of sp³-hybridized carbons (Fsp3) is 0.632. The van der Waals surface area contributed by atoms with Crippen LogP contribution in [0.2, 0.25) is 0 Å². The maximum absolute atomic E-state index is 12.3. The molecule has 2 saturated carbocycles. The Morgan fingerprint density at radius 2 is 2.00 bits per heavy atom. The molecule has 3 aliphatic carbocycles. The van der Waals surface area contributed by atoms with Crippen LogP contribution in [0.25, 0.3) is 0 Å². The number of hydrogen-bond donors (Lipinski definition) is 1. The number of rotatable bonds is 0. The number of phenols is 1. The van der Waals surface area contributed by atoms with Crippen LogP contribution in [0.1, 0.15) is 61.6 Å². The smallest absolute Gasteiger partial charge is 0.139 e. The number of fused-ring (bicyclic) bond motifs is 5. The van der Waals surface area contributed by atoms with Gasteiger partial charge < -0.3 is 5.11 Å². The Labute approximate surface area is 126 Å². The summed E-state index contributed by atoms with van der Waals surface area (Å²) in [5, 5.41) is 10.4. The number of phenolic OH excluding ortho intramolecular Hbond substituents is 1. The molecule has 0 amide bonds. The Morgan fingerprint density at radius 3 is 2.81 bits per heavy atom. The van der Waals surface area contributed by atoms with E-state index >= 15 is 0 Å². The molecule has 3 unspecified atom stereocenters. The summed E-state index contributed by atoms with van der Waals surface area (Å²) in [6.45, 7) is 4.36. The van der Waals surface area contributed by atoms with Crippen molar-refractivity contribution >= 4 is 5.78 Å². The summed E-state index contributed by atoms with van der Waals surface area (Å²) in [6, 6.07) is 3.91. The van der Waals surface area contributed by atoms with E-state index in [-0.39, 0.29) is 5.41 Å². The molecule has 0 spiro atoms. The zero-order chi connectivity index (χ0) is 14.8. The third kappa shape index (κ3) is 1.68. The van der Waals surface area contributed by atoms with Gasteiger partial charge in [0.1, 0.15) is 11.5 Å². The molecule has 0 aliphatic heterocycles. The van der Waals surface area contributed by atoms with Crippen LogP contribution in [0.15, 0.2) is 12.1 Å². The van der Waals surface area contributed by atoms with Gasteiger partial charge in [0.25, 0.3) is 0 Å². The Kier molecular flexibility index (Phi) is 2.76. The molecule has 1 aromatic carbocycles. The molecule has 21 heavy (non-hydrogen) atoms. The number of carbonyl (C=O) groups excluding carboxylic acids is 1. The zero-order valence-corrected chi connectivity index (χ0v) is 13.0. The second kappa shape index (κ2) is 4.34. The van der Waals surface area contributed by atoms with Crippen molar-refractivity contribution < 1.29 is 9.90 Å². The van der Waals surface area contributed by atoms with Crippen molar-refractivity contribution in [3.63, 3.8) is 0 Å². The van der Waals surface area contributed by atoms with E-state index in [1.54, 1.807) is 0 Å². The topological polar surface area (TPSA) is 37.3 Å². The van der Waals surface area contributed by atoms with Crippen LogP contribution in [0.5, 0.6) is 5.75 Å². The molecule has 3 aliphatic rings. The summed E-state index contributed by atoms with van der Waals surface area (Å²) in [5.74, 6) is 2.58. The first-order valence-electron chi connectivity index (χ1n) is 8.37. The molecule has 0 saturated heterocycles. The predicted octanol–water partition coefficient (Wildman–Crippen LogP) is 4.13. The maximum atomic E-state index is 12.3. The summed E-state index contributed by atoms with van der Waals surface area (Å²) in [5.41, 5.74) is 3.84. The summed E-state index contributed by atoms with van der Waals surface area (Å²) in [6.07, 6.45) is 6.17. The Bertz CT molecular complexity index is 618. The minimum Gasteiger partial charge on any atom is -0.508 e. The summed E-state index contributed by atoms with van der Waals surface area (Å²) in [7, 11) is 0. The normalized spacial score (nSPS) is 37.8. The van der Waals surface area contributed by atoms with Gasteiger partial charge in [0.2, 0.25) is 0 Å². The van der Waals surface area contributed by atoms with E-state index in [1.165, 1.54) is 23.1 Å². The van der Waals surface area contributed by atoms with E-state index < -0.39 is 0 Å². The maximum Gasteiger partial charge on any atom is 0.139 e. The van der Waals surface area contributed by atoms with Crippen LogP contribution in [0.3, 0.4) is 0 Å². The number of ketones is 1. The lowest BCUT2D eigenvalue weighted by Crippen LogP contribution is -2.42. The molecule has 0 aromatic heterocycles. The fourth-order valence-corrected chi connectivity index (χ4v) is 5.64. The SMILES string of the molecule is Cc1ccc(O)c2c1CCC1C2CC[C@]2(C)C(=O)CCC12. The molecule has 4 rings (SSSR count). The van der Waals surface area contributed by atoms with Crippen molar-refractivity contribution in [2.75, 3.05) is 0 Å². The highest BCUT2D eigenvalue weighted by Gasteiger charge is 2.54. The minimum atomic E-state index is -0.0713. The number of benzene rings is 1. The fourth-order valence-electron chi connectivity index (χ4n) is 5.64. The Balaban J connectivity index is 1.79. The summed E-state index contributed by atoms with van der Waals surface area (Å²) < 4.78 is 0. The minimum absolute atomic E-state index is 0.0713. The second-order valence-electron chi connectivity index (χ2n) is 7.63. The average molecular weight is 284 g/mol. The monoisotopic (exact) mass is 284 g/mol. The molecule has 0 radical (unpaired) electrons. The largest absolute Gasteiger partial charge is 0.508 e. The molecule has 1 aromatic rings. The van der Waals surface area contributed by atoms with Crippen LogP contribution in [-0.2, 0) is 11.2 Å². The predicted molar refractivity (Wildman–Crippen MR) is 82.5 cm³/mol. The number of aromatic hydroxyl groups is 1. The number of Topliss-reactive ketones (excluding diaryl/α,β-unsaturated/α-hetero) is 1. The third-order valence-corrected chi connectivity index (χ3v) is 6.81. The first-order chi connectivity index (χ1) is 10.0. The van der Waals surface area contributed by atoms with Gasteiger partial charge in [-0.3, -0.25) is 4.79 Å². The van der Waals surface area contributed by atoms with Gasteiger partial charge in [0.05, 0.1) is 0 Å². The van der Waals surface area contributed by atoms with Gasteiger partial charge in [-0.25, -0.2) is 0 Å². The lowest BCUT2D eigenvalue weighted by atomic mass is 9.55. The molecule has 2 nitrogen and oxygen atoms in total. The van der Waals surface area contributed by atoms with E-state index in [4.69, 9.17) is 0 Å². The van der Waals surface area contributed by atoms with Gasteiger partial charge in [-0.1, -0.05) is 13.0 Å². The van der Waals surface area contributed by atoms with Crippen LogP contribution < -0.4 is 0 Å². The van der Waals surface area contributed by atoms with Crippen LogP contribution in [0, 0.1) is 24.2 Å². The molecule has 0 heterocycles. The van der Waals surface area contributed by atoms with Gasteiger partial charge in [0.15, 0.2) is 0 Å². The van der Waals surface area contributed by atoms with Crippen LogP contribution >= 0.6 is 0 Å². The first kappa shape index (κ1) is 13.4. The zero-order valence-electron chi connectivity index (χ0n) is 13.0. The molecule has 2 fully saturated rings. The van der Waals surface area contributed by atoms with E-state index in [1.807, 2.05) is 12.1 Å². The van der Waals surface area contributed by atoms with E-state index in [2.05, 4.69) is 13.8 Å². The molecule has 0 bridgehead atoms. The van der Waals surface area contributed by atoms with Gasteiger partial charge in [-0.2, -0.15) is 0 Å². The second-order valence-corrected chi connectivity index (χ2v) is 7.63. The van der Waals surface area contributed by atoms with E-state index in [0.29, 0.717) is 29.3 Å².